The van der Waals surface area contributed by atoms with Crippen LogP contribution in [0.25, 0.3) is 0 Å². The van der Waals surface area contributed by atoms with E-state index in [-0.39, 0.29) is 5.66 Å². The van der Waals surface area contributed by atoms with E-state index in [4.69, 9.17) is 0 Å². The van der Waals surface area contributed by atoms with E-state index in [0.717, 1.165) is 13.0 Å². The fourth-order valence-electron chi connectivity index (χ4n) is 2.35. The topological polar surface area (TPSA) is 6.48 Å². The zero-order valence-corrected chi connectivity index (χ0v) is 9.81. The molecule has 13 heavy (non-hydrogen) atoms. The Hall–Kier alpha value is -0.660. The normalized spacial score (nSPS) is 29.1. The summed E-state index contributed by atoms with van der Waals surface area (Å²) >= 11 is 0. The van der Waals surface area contributed by atoms with Gasteiger partial charge in [-0.05, 0) is 34.1 Å². The van der Waals surface area contributed by atoms with Gasteiger partial charge in [0.25, 0.3) is 0 Å². The van der Waals surface area contributed by atoms with Crippen molar-refractivity contribution >= 4 is 0 Å². The summed E-state index contributed by atoms with van der Waals surface area (Å²) in [6.45, 7) is 12.3. The molecule has 0 spiro atoms. The van der Waals surface area contributed by atoms with Crippen LogP contribution in [0.2, 0.25) is 0 Å². The van der Waals surface area contributed by atoms with Gasteiger partial charge in [0, 0.05) is 25.0 Å². The molecule has 0 radical (unpaired) electrons. The van der Waals surface area contributed by atoms with Crippen LogP contribution in [-0.2, 0) is 0 Å². The highest BCUT2D eigenvalue weighted by Crippen LogP contribution is 2.37. The van der Waals surface area contributed by atoms with E-state index in [1.807, 2.05) is 0 Å². The van der Waals surface area contributed by atoms with Gasteiger partial charge in [-0.25, -0.2) is 0 Å². The summed E-state index contributed by atoms with van der Waals surface area (Å²) in [5.41, 5.74) is 3.03. The molecule has 1 heterocycles. The maximum Gasteiger partial charge on any atom is 0.109 e. The van der Waals surface area contributed by atoms with Crippen molar-refractivity contribution in [2.75, 3.05) is 13.6 Å². The summed E-state index contributed by atoms with van der Waals surface area (Å²) in [6, 6.07) is 0. The summed E-state index contributed by atoms with van der Waals surface area (Å²) in [6.07, 6.45) is 1.16. The second-order valence-corrected chi connectivity index (χ2v) is 4.04. The van der Waals surface area contributed by atoms with Crippen LogP contribution in [0, 0.1) is 0 Å². The molecule has 0 saturated carbocycles. The van der Waals surface area contributed by atoms with E-state index in [9.17, 15) is 0 Å². The highest BCUT2D eigenvalue weighted by atomic mass is 15.4. The average Bonchev–Trinajstić information content (AvgIpc) is 2.29. The van der Waals surface area contributed by atoms with Crippen molar-refractivity contribution in [1.82, 2.24) is 9.80 Å². The molecule has 0 saturated heterocycles. The number of allylic oxidation sites excluding steroid dienone is 2. The van der Waals surface area contributed by atoms with Crippen LogP contribution in [0.1, 0.15) is 41.0 Å². The minimum absolute atomic E-state index is 0.197. The molecule has 0 aromatic rings. The molecule has 0 aliphatic carbocycles. The second kappa shape index (κ2) is 3.24. The number of nitrogens with zero attached hydrogens (tertiary/aromatic N) is 2. The first kappa shape index (κ1) is 10.4. The van der Waals surface area contributed by atoms with Crippen LogP contribution in [0.3, 0.4) is 0 Å². The first-order chi connectivity index (χ1) is 5.99. The van der Waals surface area contributed by atoms with E-state index in [2.05, 4.69) is 51.5 Å². The van der Waals surface area contributed by atoms with Crippen LogP contribution >= 0.6 is 0 Å². The van der Waals surface area contributed by atoms with E-state index in [0.29, 0.717) is 0 Å². The molecule has 2 nitrogen and oxygen atoms in total. The minimum atomic E-state index is 0.197. The van der Waals surface area contributed by atoms with Crippen LogP contribution < -0.4 is 0 Å². The monoisotopic (exact) mass is 182 g/mol. The SMILES string of the molecule is CCN1C(C)=C(C)N(C)C1(C)CC. The molecule has 0 N–H and O–H groups in total. The summed E-state index contributed by atoms with van der Waals surface area (Å²) in [5.74, 6) is 0. The van der Waals surface area contributed by atoms with Gasteiger partial charge in [0.15, 0.2) is 0 Å². The molecule has 0 aromatic heterocycles. The smallest absolute Gasteiger partial charge is 0.109 e. The van der Waals surface area contributed by atoms with Crippen LogP contribution in [0.4, 0.5) is 0 Å². The number of hydrogen-bond donors (Lipinski definition) is 0. The molecule has 1 atom stereocenters. The fourth-order valence-corrected chi connectivity index (χ4v) is 2.35. The molecule has 1 aliphatic rings. The standard InChI is InChI=1S/C11H22N2/c1-7-11(5)12(6)9(3)10(4)13(11)8-2/h7-8H2,1-6H3. The third kappa shape index (κ3) is 1.23. The first-order valence-corrected chi connectivity index (χ1v) is 5.18. The van der Waals surface area contributed by atoms with Crippen molar-refractivity contribution in [2.45, 2.75) is 46.7 Å². The Kier molecular flexibility index (Phi) is 2.60. The molecule has 0 bridgehead atoms. The van der Waals surface area contributed by atoms with Crippen molar-refractivity contribution in [3.05, 3.63) is 11.4 Å². The zero-order valence-electron chi connectivity index (χ0n) is 9.81. The van der Waals surface area contributed by atoms with E-state index in [1.54, 1.807) is 0 Å². The lowest BCUT2D eigenvalue weighted by Crippen LogP contribution is -2.49. The Bertz CT molecular complexity index is 232. The summed E-state index contributed by atoms with van der Waals surface area (Å²) in [4.78, 5) is 4.88. The van der Waals surface area contributed by atoms with Gasteiger partial charge >= 0.3 is 0 Å². The Morgan fingerprint density at radius 1 is 1.15 bits per heavy atom. The van der Waals surface area contributed by atoms with Crippen molar-refractivity contribution in [3.8, 4) is 0 Å². The van der Waals surface area contributed by atoms with Crippen LogP contribution in [0.15, 0.2) is 11.4 Å². The summed E-state index contributed by atoms with van der Waals surface area (Å²) in [7, 11) is 2.19. The average molecular weight is 182 g/mol. The van der Waals surface area contributed by atoms with Gasteiger partial charge < -0.3 is 9.80 Å². The lowest BCUT2D eigenvalue weighted by Gasteiger charge is -2.42. The van der Waals surface area contributed by atoms with Gasteiger partial charge in [-0.15, -0.1) is 0 Å². The molecule has 2 heteroatoms. The summed E-state index contributed by atoms with van der Waals surface area (Å²) < 4.78 is 0. The molecule has 0 amide bonds. The highest BCUT2D eigenvalue weighted by Gasteiger charge is 2.40. The van der Waals surface area contributed by atoms with Gasteiger partial charge in [0.2, 0.25) is 0 Å². The predicted molar refractivity (Wildman–Crippen MR) is 57.2 cm³/mol. The van der Waals surface area contributed by atoms with Crippen molar-refractivity contribution < 1.29 is 0 Å². The second-order valence-electron chi connectivity index (χ2n) is 4.04. The molecule has 1 aliphatic heterocycles. The van der Waals surface area contributed by atoms with Gasteiger partial charge in [-0.1, -0.05) is 6.92 Å². The maximum absolute atomic E-state index is 2.49. The Balaban J connectivity index is 3.05. The fraction of sp³-hybridized carbons (Fsp3) is 0.818. The molecule has 0 fully saturated rings. The largest absolute Gasteiger partial charge is 0.354 e. The van der Waals surface area contributed by atoms with Crippen molar-refractivity contribution in [3.63, 3.8) is 0 Å². The molecule has 1 rings (SSSR count). The maximum atomic E-state index is 2.49. The number of rotatable bonds is 2. The van der Waals surface area contributed by atoms with E-state index in [1.165, 1.54) is 11.4 Å². The van der Waals surface area contributed by atoms with Gasteiger partial charge in [0.1, 0.15) is 5.66 Å². The van der Waals surface area contributed by atoms with E-state index >= 15 is 0 Å². The molecule has 1 unspecified atom stereocenters. The lowest BCUT2D eigenvalue weighted by atomic mass is 10.1. The van der Waals surface area contributed by atoms with Gasteiger partial charge in [-0.2, -0.15) is 0 Å². The molecule has 76 valence electrons. The molecular formula is C11H22N2. The lowest BCUT2D eigenvalue weighted by molar-refractivity contribution is 0.0507. The zero-order chi connectivity index (χ0) is 10.2. The quantitative estimate of drug-likeness (QED) is 0.648. The van der Waals surface area contributed by atoms with Crippen molar-refractivity contribution in [2.24, 2.45) is 0 Å². The minimum Gasteiger partial charge on any atom is -0.354 e. The first-order valence-electron chi connectivity index (χ1n) is 5.18. The highest BCUT2D eigenvalue weighted by molar-refractivity contribution is 5.19. The van der Waals surface area contributed by atoms with Gasteiger partial charge in [-0.3, -0.25) is 0 Å². The Labute approximate surface area is 82.2 Å². The predicted octanol–water partition coefficient (Wildman–Crippen LogP) is 2.63. The number of hydrogen-bond acceptors (Lipinski definition) is 2. The van der Waals surface area contributed by atoms with Crippen molar-refractivity contribution in [1.29, 1.82) is 0 Å². The van der Waals surface area contributed by atoms with Gasteiger partial charge in [0.05, 0.1) is 0 Å². The van der Waals surface area contributed by atoms with E-state index < -0.39 is 0 Å². The Morgan fingerprint density at radius 3 is 2.00 bits per heavy atom. The van der Waals surface area contributed by atoms with Crippen LogP contribution in [0.5, 0.6) is 0 Å². The molecule has 0 aromatic carbocycles. The molecular weight excluding hydrogens is 160 g/mol. The third-order valence-electron chi connectivity index (χ3n) is 3.72. The Morgan fingerprint density at radius 2 is 1.69 bits per heavy atom. The third-order valence-corrected chi connectivity index (χ3v) is 3.72. The van der Waals surface area contributed by atoms with Crippen LogP contribution in [-0.4, -0.2) is 29.1 Å². The summed E-state index contributed by atoms with van der Waals surface area (Å²) in [5, 5.41) is 0.